The Morgan fingerprint density at radius 1 is 0.464 bits per heavy atom. The van der Waals surface area contributed by atoms with Crippen molar-refractivity contribution in [3.63, 3.8) is 0 Å². The van der Waals surface area contributed by atoms with E-state index in [2.05, 4.69) is 84.3 Å². The van der Waals surface area contributed by atoms with Gasteiger partial charge < -0.3 is 96.8 Å². The fourth-order valence-electron chi connectivity index (χ4n) is 22.7. The van der Waals surface area contributed by atoms with E-state index in [0.29, 0.717) is 83.4 Å². The molecule has 20 aliphatic rings. The fraction of sp³-hybridized carbons (Fsp3) is 0.877. The molecule has 24 bridgehead atoms. The summed E-state index contributed by atoms with van der Waals surface area (Å²) in [6, 6.07) is 0. The minimum atomic E-state index is -1.14. The van der Waals surface area contributed by atoms with Crippen molar-refractivity contribution in [1.29, 1.82) is 0 Å². The third-order valence-corrected chi connectivity index (χ3v) is 28.4. The van der Waals surface area contributed by atoms with Gasteiger partial charge in [-0.15, -0.1) is 24.0 Å². The summed E-state index contributed by atoms with van der Waals surface area (Å²) in [6.07, 6.45) is 10.5. The van der Waals surface area contributed by atoms with E-state index >= 15 is 0 Å². The maximum absolute atomic E-state index is 14.0. The predicted molar refractivity (Wildman–Crippen MR) is 424 cm³/mol. The van der Waals surface area contributed by atoms with E-state index in [9.17, 15) is 29.9 Å². The number of rotatable bonds is 7. The van der Waals surface area contributed by atoms with Crippen molar-refractivity contribution < 1.29 is 119 Å². The number of aliphatic hydroxyl groups is 3. The molecule has 0 aromatic heterocycles. The van der Waals surface area contributed by atoms with Crippen LogP contribution in [0.25, 0.3) is 0 Å². The summed E-state index contributed by atoms with van der Waals surface area (Å²) < 4.78 is 108. The molecule has 0 aromatic rings. The molecular weight excluding hydrogens is 1880 g/mol. The van der Waals surface area contributed by atoms with Crippen molar-refractivity contribution >= 4 is 72.8 Å². The van der Waals surface area contributed by atoms with Gasteiger partial charge in [-0.25, -0.2) is 0 Å². The van der Waals surface area contributed by atoms with Crippen molar-refractivity contribution in [2.45, 2.75) is 389 Å². The van der Waals surface area contributed by atoms with Crippen LogP contribution in [0.15, 0.2) is 48.6 Å². The first-order valence-corrected chi connectivity index (χ1v) is 53.8. The number of hydrogen-bond donors (Lipinski definition) is 4. The Morgan fingerprint density at radius 2 is 0.836 bits per heavy atom. The van der Waals surface area contributed by atoms with Gasteiger partial charge in [0, 0.05) is 95.6 Å². The average Bonchev–Trinajstić information content (AvgIpc) is 1.55. The minimum absolute atomic E-state index is 0. The zero-order valence-corrected chi connectivity index (χ0v) is 73.3. The Bertz CT molecular complexity index is 3280. The molecule has 38 atom stereocenters. The Morgan fingerprint density at radius 3 is 1.25 bits per heavy atom. The molecule has 10 unspecified atom stereocenters. The van der Waals surface area contributed by atoms with Crippen LogP contribution in [0.3, 0.4) is 0 Å². The molecule has 110 heavy (non-hydrogen) atoms. The first-order valence-electron chi connectivity index (χ1n) is 41.2. The summed E-state index contributed by atoms with van der Waals surface area (Å²) >= 11 is 5.30. The third kappa shape index (κ3) is 18.2. The monoisotopic (exact) mass is 2000 g/mol. The van der Waals surface area contributed by atoms with Gasteiger partial charge in [0.15, 0.2) is 11.6 Å². The van der Waals surface area contributed by atoms with Crippen molar-refractivity contribution in [3.05, 3.63) is 58.7 Å². The van der Waals surface area contributed by atoms with Crippen molar-refractivity contribution in [2.75, 3.05) is 20.2 Å². The van der Waals surface area contributed by atoms with Crippen LogP contribution in [0.1, 0.15) is 195 Å². The van der Waals surface area contributed by atoms with Crippen LogP contribution in [-0.2, 0) is 85.4 Å². The molecule has 20 rings (SSSR count). The van der Waals surface area contributed by atoms with Gasteiger partial charge in [0.1, 0.15) is 78.7 Å². The standard InChI is InChI=1S/C40H57NO12.C40H59NO10.CH4O.I3.HI/c1-19-11-25-5-7-29-20(2)12-27(46-29)9-10-40-17-34-36(52-40)37-38(51-34)39(53-40)35-30(50-37)8-6-26(48-35)13-23(42)14-28-22(4)31(15-24(43)18-41(44)45)49-33(28)16-32(47-25)21(19)3;1-19-11-25-5-7-29-20(2)12-27(44-29)9-10-40-17-34-36(50-40)37-38(49-34)39(51-40)35-30(48-37)8-6-26(46-35)13-23(42)14-28-22(4)31(15-24(43)18-41)47-33(28)16-32(45-25)21(19)3;1-2;1-3-2;/h19,22,24-39,43H,2-3,5-18H2,1,4H3;19,22,24-39,43H,2-3,5-18,41H2,1,4H3;2H,1H3;;1H/q;;;-1;/t2*19-,22-,24?,25?,26-,27?,28-,29+,30+,31-,32-,33?,34-,35+,36+,37+,38-,39?,40+;;;/m11.../s1. The van der Waals surface area contributed by atoms with Crippen LogP contribution in [0, 0.1) is 45.6 Å². The zero-order valence-electron chi connectivity index (χ0n) is 64.5. The molecular formula is C81H121I4N2O23-. The number of nitro groups is 1. The quantitative estimate of drug-likeness (QED) is 0.0833. The molecule has 0 aliphatic carbocycles. The van der Waals surface area contributed by atoms with Gasteiger partial charge in [0.2, 0.25) is 6.54 Å². The number of nitrogens with zero attached hydrogens (tertiary/aromatic N) is 1. The number of fused-ring (bicyclic) bond motifs is 12. The van der Waals surface area contributed by atoms with Gasteiger partial charge in [0.05, 0.1) is 116 Å². The van der Waals surface area contributed by atoms with E-state index in [1.54, 1.807) is 0 Å². The van der Waals surface area contributed by atoms with Crippen LogP contribution in [0.5, 0.6) is 0 Å². The van der Waals surface area contributed by atoms with E-state index < -0.39 is 41.4 Å². The van der Waals surface area contributed by atoms with Crippen LogP contribution in [-0.4, -0.2) is 247 Å². The molecule has 20 saturated heterocycles. The van der Waals surface area contributed by atoms with E-state index in [1.165, 1.54) is 0 Å². The predicted octanol–water partition coefficient (Wildman–Crippen LogP) is 7.44. The number of hydrogen-bond acceptors (Lipinski definition) is 24. The van der Waals surface area contributed by atoms with Crippen molar-refractivity contribution in [1.82, 2.24) is 0 Å². The molecule has 20 heterocycles. The van der Waals surface area contributed by atoms with Crippen molar-refractivity contribution in [2.24, 2.45) is 41.2 Å². The average molecular weight is 2000 g/mol. The van der Waals surface area contributed by atoms with Gasteiger partial charge in [-0.2, -0.15) is 0 Å². The summed E-state index contributed by atoms with van der Waals surface area (Å²) in [5.41, 5.74) is 10.2. The fourth-order valence-corrected chi connectivity index (χ4v) is 22.7. The second-order valence-corrected chi connectivity index (χ2v) is 51.7. The summed E-state index contributed by atoms with van der Waals surface area (Å²) in [6.45, 7) is 26.0. The Balaban J connectivity index is 0.000000172. The summed E-state index contributed by atoms with van der Waals surface area (Å²) in [4.78, 5) is 38.7. The molecule has 2 spiro atoms. The van der Waals surface area contributed by atoms with Gasteiger partial charge in [-0.3, -0.25) is 19.7 Å². The Kier molecular flexibility index (Phi) is 28.7. The molecule has 0 amide bonds. The molecule has 29 heteroatoms. The molecule has 5 N–H and O–H groups in total. The number of carbonyl (C=O) groups excluding carboxylic acids is 2. The summed E-state index contributed by atoms with van der Waals surface area (Å²) in [5, 5.41) is 39.2. The number of ether oxygens (including phenoxy) is 16. The van der Waals surface area contributed by atoms with E-state index in [1.807, 2.05) is 6.92 Å². The molecule has 0 saturated carbocycles. The maximum atomic E-state index is 14.0. The van der Waals surface area contributed by atoms with Crippen LogP contribution in [0.4, 0.5) is 0 Å². The summed E-state index contributed by atoms with van der Waals surface area (Å²) in [7, 11) is 1.00. The second-order valence-electron chi connectivity index (χ2n) is 35.5. The number of halogens is 4. The van der Waals surface area contributed by atoms with E-state index in [-0.39, 0.29) is 256 Å². The van der Waals surface area contributed by atoms with Crippen LogP contribution in [0.2, 0.25) is 0 Å². The van der Waals surface area contributed by atoms with Crippen LogP contribution >= 0.6 is 61.2 Å². The first kappa shape index (κ1) is 86.2. The molecule has 20 aliphatic heterocycles. The zero-order chi connectivity index (χ0) is 76.6. The van der Waals surface area contributed by atoms with Crippen LogP contribution < -0.4 is 19.0 Å². The number of carbonyl (C=O) groups is 2. The van der Waals surface area contributed by atoms with Gasteiger partial charge in [-0.1, -0.05) is 54.0 Å². The van der Waals surface area contributed by atoms with Gasteiger partial charge in [0.25, 0.3) is 0 Å². The molecule has 20 fully saturated rings. The number of ketones is 2. The number of Topliss-reactive ketones (excluding diaryl/α,β-unsaturated/α-hetero) is 2. The number of aliphatic hydroxyl groups excluding tert-OH is 3. The number of nitrogens with two attached hydrogens (primary N) is 1. The molecule has 0 radical (unpaired) electrons. The summed E-state index contributed by atoms with van der Waals surface area (Å²) in [5.74, 6) is -0.932. The molecule has 622 valence electrons. The van der Waals surface area contributed by atoms with Gasteiger partial charge >= 0.3 is 50.5 Å². The molecule has 25 nitrogen and oxygen atoms in total. The van der Waals surface area contributed by atoms with Crippen molar-refractivity contribution in [3.8, 4) is 0 Å². The van der Waals surface area contributed by atoms with Gasteiger partial charge in [-0.05, 0) is 148 Å². The van der Waals surface area contributed by atoms with E-state index in [0.717, 1.165) is 113 Å². The SMILES string of the molecule is C=C1CC2CC[C@@]34C[C@H]5O[C@H]6C(O3)[C@H]3O[C@H](CC[C@@H]3O[C@H]6[C@H]5O4)CC(=O)C[C@H]3C(C[C@H]4OC(CC[C@@H]1O2)C[C@@H](C)C4=C)O[C@H](CC(O)CN)[C@@H]3C.C=C1CC2CC[C@@]34C[C@H]5O[C@H]6C(O3)[C@H]3O[C@H](CC[C@@H]3O[C@H]6[C@H]5O4)CC(=O)C[C@H]3C(C[C@H]4OC(CC[C@@H]1O2)C[C@@H](C)C4=C)O[C@H](CC(O)C[N+](=O)[O-])[C@@H]3C.CO.I.I[I-]I. The van der Waals surface area contributed by atoms with E-state index in [4.69, 9.17) is 86.6 Å². The second kappa shape index (κ2) is 36.6. The normalized spacial score (nSPS) is 49.7. The Labute approximate surface area is 695 Å². The first-order chi connectivity index (χ1) is 52.4. The third-order valence-electron chi connectivity index (χ3n) is 28.4. The topological polar surface area (TPSA) is 312 Å². The Hall–Kier alpha value is -0.180. The molecule has 0 aromatic carbocycles.